The number of carbonyl (C=O) groups is 1. The predicted molar refractivity (Wildman–Crippen MR) is 65.2 cm³/mol. The van der Waals surface area contributed by atoms with Crippen LogP contribution in [0.15, 0.2) is 0 Å². The summed E-state index contributed by atoms with van der Waals surface area (Å²) in [5.41, 5.74) is 0. The van der Waals surface area contributed by atoms with Crippen LogP contribution in [0.4, 0.5) is 0 Å². The summed E-state index contributed by atoms with van der Waals surface area (Å²) in [6.45, 7) is 5.37. The number of likely N-dealkylation sites (tertiary alicyclic amines) is 1. The molecule has 2 rings (SSSR count). The molecule has 0 aromatic carbocycles. The number of carbonyl (C=O) groups excluding carboxylic acids is 1. The first kappa shape index (κ1) is 11.9. The van der Waals surface area contributed by atoms with Crippen LogP contribution in [0.5, 0.6) is 0 Å². The largest absolute Gasteiger partial charge is 0.342 e. The lowest BCUT2D eigenvalue weighted by atomic mass is 10.1. The first-order chi connectivity index (χ1) is 7.79. The summed E-state index contributed by atoms with van der Waals surface area (Å²) in [5.74, 6) is 1.14. The maximum atomic E-state index is 12.0. The van der Waals surface area contributed by atoms with E-state index in [1.807, 2.05) is 0 Å². The molecule has 2 aliphatic rings. The van der Waals surface area contributed by atoms with E-state index < -0.39 is 0 Å². The minimum atomic E-state index is 0.379. The van der Waals surface area contributed by atoms with E-state index in [0.717, 1.165) is 38.4 Å². The number of nitrogens with one attached hydrogen (secondary N) is 1. The summed E-state index contributed by atoms with van der Waals surface area (Å²) < 4.78 is 0. The summed E-state index contributed by atoms with van der Waals surface area (Å²) in [5, 5.41) is 3.45. The van der Waals surface area contributed by atoms with Crippen molar-refractivity contribution in [3.05, 3.63) is 0 Å². The van der Waals surface area contributed by atoms with Crippen molar-refractivity contribution in [3.8, 4) is 0 Å². The van der Waals surface area contributed by atoms with Gasteiger partial charge < -0.3 is 10.2 Å². The van der Waals surface area contributed by atoms with E-state index in [4.69, 9.17) is 0 Å². The number of hydrogen-bond acceptors (Lipinski definition) is 2. The highest BCUT2D eigenvalue weighted by Gasteiger charge is 2.25. The minimum Gasteiger partial charge on any atom is -0.342 e. The van der Waals surface area contributed by atoms with Crippen molar-refractivity contribution in [3.63, 3.8) is 0 Å². The number of rotatable bonds is 4. The minimum absolute atomic E-state index is 0.379. The fourth-order valence-electron chi connectivity index (χ4n) is 2.85. The van der Waals surface area contributed by atoms with E-state index in [-0.39, 0.29) is 0 Å². The molecule has 2 saturated heterocycles. The van der Waals surface area contributed by atoms with Gasteiger partial charge in [0, 0.05) is 25.6 Å². The lowest BCUT2D eigenvalue weighted by molar-refractivity contribution is -0.130. The zero-order valence-electron chi connectivity index (χ0n) is 10.4. The van der Waals surface area contributed by atoms with Crippen LogP contribution in [0.2, 0.25) is 0 Å². The van der Waals surface area contributed by atoms with Gasteiger partial charge in [-0.3, -0.25) is 4.79 Å². The Morgan fingerprint density at radius 2 is 2.31 bits per heavy atom. The van der Waals surface area contributed by atoms with Crippen LogP contribution in [0, 0.1) is 5.92 Å². The zero-order chi connectivity index (χ0) is 11.4. The molecule has 92 valence electrons. The third-order valence-corrected chi connectivity index (χ3v) is 4.08. The molecule has 0 aromatic heterocycles. The van der Waals surface area contributed by atoms with Crippen molar-refractivity contribution >= 4 is 5.91 Å². The van der Waals surface area contributed by atoms with E-state index in [9.17, 15) is 4.79 Å². The van der Waals surface area contributed by atoms with Crippen LogP contribution in [0.25, 0.3) is 0 Å². The second-order valence-corrected chi connectivity index (χ2v) is 5.23. The summed E-state index contributed by atoms with van der Waals surface area (Å²) in [6, 6.07) is 0.605. The topological polar surface area (TPSA) is 32.3 Å². The second-order valence-electron chi connectivity index (χ2n) is 5.23. The predicted octanol–water partition coefficient (Wildman–Crippen LogP) is 1.78. The van der Waals surface area contributed by atoms with Crippen molar-refractivity contribution < 1.29 is 4.79 Å². The molecular weight excluding hydrogens is 200 g/mol. The van der Waals surface area contributed by atoms with Gasteiger partial charge in [-0.25, -0.2) is 0 Å². The highest BCUT2D eigenvalue weighted by Crippen LogP contribution is 2.20. The Morgan fingerprint density at radius 1 is 1.44 bits per heavy atom. The number of hydrogen-bond donors (Lipinski definition) is 1. The first-order valence-corrected chi connectivity index (χ1v) is 6.80. The summed E-state index contributed by atoms with van der Waals surface area (Å²) in [6.07, 6.45) is 6.74. The molecule has 2 unspecified atom stereocenters. The summed E-state index contributed by atoms with van der Waals surface area (Å²) >= 11 is 0. The Balaban J connectivity index is 1.67. The highest BCUT2D eigenvalue weighted by atomic mass is 16.2. The average molecular weight is 224 g/mol. The quantitative estimate of drug-likeness (QED) is 0.789. The van der Waals surface area contributed by atoms with Crippen LogP contribution in [0.3, 0.4) is 0 Å². The lowest BCUT2D eigenvalue weighted by Crippen LogP contribution is -2.30. The molecule has 0 saturated carbocycles. The molecule has 0 aromatic rings. The van der Waals surface area contributed by atoms with Gasteiger partial charge in [-0.1, -0.05) is 13.3 Å². The molecule has 0 spiro atoms. The van der Waals surface area contributed by atoms with Gasteiger partial charge in [0.15, 0.2) is 0 Å². The summed E-state index contributed by atoms with van der Waals surface area (Å²) in [4.78, 5) is 14.0. The molecule has 1 N–H and O–H groups in total. The van der Waals surface area contributed by atoms with Gasteiger partial charge in [0.2, 0.25) is 5.91 Å². The molecule has 0 aliphatic carbocycles. The SMILES string of the molecule is CCC1CCN(C(=O)CCC2CCCN2)C1. The van der Waals surface area contributed by atoms with E-state index in [0.29, 0.717) is 11.9 Å². The van der Waals surface area contributed by atoms with Crippen LogP contribution < -0.4 is 5.32 Å². The second kappa shape index (κ2) is 5.67. The Kier molecular flexibility index (Phi) is 4.22. The molecule has 0 radical (unpaired) electrons. The first-order valence-electron chi connectivity index (χ1n) is 6.80. The molecular formula is C13H24N2O. The van der Waals surface area contributed by atoms with Crippen LogP contribution in [0.1, 0.15) is 45.4 Å². The fourth-order valence-corrected chi connectivity index (χ4v) is 2.85. The smallest absolute Gasteiger partial charge is 0.222 e. The van der Waals surface area contributed by atoms with E-state index >= 15 is 0 Å². The van der Waals surface area contributed by atoms with Crippen molar-refractivity contribution in [1.29, 1.82) is 0 Å². The molecule has 3 heteroatoms. The van der Waals surface area contributed by atoms with Crippen molar-refractivity contribution in [2.45, 2.75) is 51.5 Å². The molecule has 2 atom stereocenters. The van der Waals surface area contributed by atoms with Gasteiger partial charge in [0.05, 0.1) is 0 Å². The Morgan fingerprint density at radius 3 is 2.94 bits per heavy atom. The molecule has 16 heavy (non-hydrogen) atoms. The van der Waals surface area contributed by atoms with Crippen LogP contribution in [-0.4, -0.2) is 36.5 Å². The normalized spacial score (nSPS) is 29.9. The zero-order valence-corrected chi connectivity index (χ0v) is 10.4. The summed E-state index contributed by atoms with van der Waals surface area (Å²) in [7, 11) is 0. The Bertz CT molecular complexity index is 236. The molecule has 2 heterocycles. The van der Waals surface area contributed by atoms with Gasteiger partial charge >= 0.3 is 0 Å². The van der Waals surface area contributed by atoms with Gasteiger partial charge in [0.25, 0.3) is 0 Å². The van der Waals surface area contributed by atoms with Crippen molar-refractivity contribution in [1.82, 2.24) is 10.2 Å². The molecule has 0 bridgehead atoms. The van der Waals surface area contributed by atoms with Gasteiger partial charge in [-0.15, -0.1) is 0 Å². The van der Waals surface area contributed by atoms with Gasteiger partial charge in [-0.05, 0) is 38.1 Å². The van der Waals surface area contributed by atoms with Crippen LogP contribution >= 0.6 is 0 Å². The lowest BCUT2D eigenvalue weighted by Gasteiger charge is -2.17. The maximum absolute atomic E-state index is 12.0. The fraction of sp³-hybridized carbons (Fsp3) is 0.923. The monoisotopic (exact) mass is 224 g/mol. The number of nitrogens with zero attached hydrogens (tertiary/aromatic N) is 1. The Hall–Kier alpha value is -0.570. The third kappa shape index (κ3) is 2.97. The third-order valence-electron chi connectivity index (χ3n) is 4.08. The van der Waals surface area contributed by atoms with Gasteiger partial charge in [0.1, 0.15) is 0 Å². The van der Waals surface area contributed by atoms with E-state index in [2.05, 4.69) is 17.1 Å². The highest BCUT2D eigenvalue weighted by molar-refractivity contribution is 5.76. The molecule has 2 aliphatic heterocycles. The van der Waals surface area contributed by atoms with Crippen LogP contribution in [-0.2, 0) is 4.79 Å². The molecule has 1 amide bonds. The Labute approximate surface area is 98.6 Å². The van der Waals surface area contributed by atoms with E-state index in [1.54, 1.807) is 0 Å². The number of amides is 1. The molecule has 2 fully saturated rings. The molecule has 3 nitrogen and oxygen atoms in total. The van der Waals surface area contributed by atoms with Gasteiger partial charge in [-0.2, -0.15) is 0 Å². The maximum Gasteiger partial charge on any atom is 0.222 e. The van der Waals surface area contributed by atoms with Crippen molar-refractivity contribution in [2.75, 3.05) is 19.6 Å². The van der Waals surface area contributed by atoms with E-state index in [1.165, 1.54) is 25.7 Å². The average Bonchev–Trinajstić information content (AvgIpc) is 2.96. The standard InChI is InChI=1S/C13H24N2O/c1-2-11-7-9-15(10-11)13(16)6-5-12-4-3-8-14-12/h11-12,14H,2-10H2,1H3. The van der Waals surface area contributed by atoms with Crippen molar-refractivity contribution in [2.24, 2.45) is 5.92 Å².